The van der Waals surface area contributed by atoms with E-state index in [0.29, 0.717) is 12.0 Å². The minimum atomic E-state index is -1.12. The lowest BCUT2D eigenvalue weighted by molar-refractivity contribution is -0.133. The van der Waals surface area contributed by atoms with Crippen LogP contribution in [0.5, 0.6) is 5.75 Å². The maximum atomic E-state index is 13.7. The maximum absolute atomic E-state index is 13.7. The highest BCUT2D eigenvalue weighted by atomic mass is 16.3. The number of amides is 4. The number of nitrogens with one attached hydrogen (secondary N) is 3. The van der Waals surface area contributed by atoms with E-state index >= 15 is 0 Å². The third-order valence-corrected chi connectivity index (χ3v) is 7.17. The van der Waals surface area contributed by atoms with Crippen LogP contribution in [0.15, 0.2) is 89.9 Å². The minimum absolute atomic E-state index is 0.0793. The molecule has 0 aliphatic carbocycles. The van der Waals surface area contributed by atoms with Gasteiger partial charge < -0.3 is 44.0 Å². The lowest BCUT2D eigenvalue weighted by Crippen LogP contribution is -2.58. The molecule has 0 unspecified atom stereocenters. The predicted octanol–water partition coefficient (Wildman–Crippen LogP) is -0.259. The second-order valence-corrected chi connectivity index (χ2v) is 10.9. The lowest BCUT2D eigenvalue weighted by Gasteiger charge is -2.25. The van der Waals surface area contributed by atoms with E-state index < -0.39 is 47.8 Å². The number of primary amides is 1. The fraction of sp³-hybridized carbons (Fsp3) is 0.303. The van der Waals surface area contributed by atoms with Crippen LogP contribution in [0.4, 0.5) is 0 Å². The first-order chi connectivity index (χ1) is 22.0. The molecular formula is C33H42N8O5. The third-order valence-electron chi connectivity index (χ3n) is 7.17. The molecule has 0 fully saturated rings. The fourth-order valence-corrected chi connectivity index (χ4v) is 4.71. The minimum Gasteiger partial charge on any atom is -0.508 e. The number of guanidine groups is 1. The molecule has 3 aromatic carbocycles. The van der Waals surface area contributed by atoms with Crippen LogP contribution in [0.2, 0.25) is 0 Å². The second-order valence-electron chi connectivity index (χ2n) is 10.9. The van der Waals surface area contributed by atoms with Gasteiger partial charge in [-0.1, -0.05) is 72.8 Å². The molecule has 0 radical (unpaired) electrons. The molecule has 0 aliphatic rings. The number of rotatable bonds is 17. The average molecular weight is 631 g/mol. The van der Waals surface area contributed by atoms with Crippen molar-refractivity contribution in [3.05, 3.63) is 102 Å². The van der Waals surface area contributed by atoms with Gasteiger partial charge in [0, 0.05) is 19.4 Å². The van der Waals surface area contributed by atoms with Gasteiger partial charge in [-0.25, -0.2) is 0 Å². The summed E-state index contributed by atoms with van der Waals surface area (Å²) in [6.45, 7) is 0.204. The zero-order chi connectivity index (χ0) is 33.5. The Hall–Kier alpha value is -5.43. The van der Waals surface area contributed by atoms with Crippen molar-refractivity contribution in [2.24, 2.45) is 27.9 Å². The molecule has 13 nitrogen and oxygen atoms in total. The van der Waals surface area contributed by atoms with Gasteiger partial charge in [-0.05, 0) is 48.1 Å². The highest BCUT2D eigenvalue weighted by molar-refractivity contribution is 5.94. The van der Waals surface area contributed by atoms with E-state index in [9.17, 15) is 24.3 Å². The fourth-order valence-electron chi connectivity index (χ4n) is 4.71. The van der Waals surface area contributed by atoms with E-state index in [1.807, 2.05) is 36.4 Å². The second kappa shape index (κ2) is 17.8. The molecular weight excluding hydrogens is 588 g/mol. The summed E-state index contributed by atoms with van der Waals surface area (Å²) in [7, 11) is 0. The lowest BCUT2D eigenvalue weighted by atomic mass is 10.0. The number of phenols is 1. The zero-order valence-electron chi connectivity index (χ0n) is 25.5. The smallest absolute Gasteiger partial charge is 0.243 e. The van der Waals surface area contributed by atoms with Crippen LogP contribution >= 0.6 is 0 Å². The summed E-state index contributed by atoms with van der Waals surface area (Å²) in [6, 6.07) is 20.1. The topological polar surface area (TPSA) is 241 Å². The van der Waals surface area contributed by atoms with Gasteiger partial charge in [0.15, 0.2) is 5.96 Å². The first kappa shape index (κ1) is 35.1. The number of phenolic OH excluding ortho intramolecular Hbond substituents is 1. The summed E-state index contributed by atoms with van der Waals surface area (Å²) >= 11 is 0. The molecule has 0 bridgehead atoms. The van der Waals surface area contributed by atoms with Crippen molar-refractivity contribution in [2.45, 2.75) is 56.3 Å². The van der Waals surface area contributed by atoms with Crippen molar-refractivity contribution in [3.8, 4) is 5.75 Å². The van der Waals surface area contributed by atoms with E-state index in [4.69, 9.17) is 22.9 Å². The molecule has 3 aromatic rings. The Kier molecular flexibility index (Phi) is 13.5. The number of carbonyl (C=O) groups is 4. The monoisotopic (exact) mass is 630 g/mol. The highest BCUT2D eigenvalue weighted by Gasteiger charge is 2.30. The number of carbonyl (C=O) groups excluding carboxylic acids is 4. The van der Waals surface area contributed by atoms with Crippen LogP contribution < -0.4 is 38.9 Å². The number of nitrogens with two attached hydrogens (primary N) is 4. The van der Waals surface area contributed by atoms with Gasteiger partial charge in [0.25, 0.3) is 0 Å². The van der Waals surface area contributed by atoms with Crippen LogP contribution in [-0.2, 0) is 38.4 Å². The van der Waals surface area contributed by atoms with Crippen LogP contribution in [0, 0.1) is 0 Å². The number of aliphatic imine (C=N–C) groups is 1. The van der Waals surface area contributed by atoms with Gasteiger partial charge in [0.1, 0.15) is 23.9 Å². The first-order valence-electron chi connectivity index (χ1n) is 14.9. The quantitative estimate of drug-likeness (QED) is 0.0560. The molecule has 0 heterocycles. The Balaban J connectivity index is 1.78. The summed E-state index contributed by atoms with van der Waals surface area (Å²) in [5, 5.41) is 17.7. The molecule has 0 aliphatic heterocycles. The third kappa shape index (κ3) is 11.9. The van der Waals surface area contributed by atoms with Gasteiger partial charge in [-0.3, -0.25) is 24.2 Å². The number of hydrogen-bond donors (Lipinski definition) is 8. The SMILES string of the molecule is NC(=O)[C@H](Cc1ccccc1)NC(=O)[C@H](Cc1ccccc1)NC(=O)[C@H](CCCN=C(N)N)NC(=O)[C@@H](N)Cc1ccc(O)cc1. The van der Waals surface area contributed by atoms with Crippen molar-refractivity contribution in [2.75, 3.05) is 6.54 Å². The summed E-state index contributed by atoms with van der Waals surface area (Å²) in [6.07, 6.45) is 0.891. The van der Waals surface area contributed by atoms with E-state index in [0.717, 1.165) is 11.1 Å². The summed E-state index contributed by atoms with van der Waals surface area (Å²) in [5.74, 6) is -2.60. The number of nitrogens with zero attached hydrogens (tertiary/aromatic N) is 1. The maximum Gasteiger partial charge on any atom is 0.243 e. The molecule has 4 atom stereocenters. The van der Waals surface area contributed by atoms with Crippen molar-refractivity contribution in [1.29, 1.82) is 0 Å². The van der Waals surface area contributed by atoms with Crippen molar-refractivity contribution < 1.29 is 24.3 Å². The molecule has 0 saturated heterocycles. The molecule has 46 heavy (non-hydrogen) atoms. The van der Waals surface area contributed by atoms with Gasteiger partial charge >= 0.3 is 0 Å². The van der Waals surface area contributed by atoms with Crippen molar-refractivity contribution in [3.63, 3.8) is 0 Å². The van der Waals surface area contributed by atoms with Crippen molar-refractivity contribution >= 4 is 29.6 Å². The van der Waals surface area contributed by atoms with Gasteiger partial charge in [-0.2, -0.15) is 0 Å². The Morgan fingerprint density at radius 3 is 1.65 bits per heavy atom. The molecule has 3 rings (SSSR count). The summed E-state index contributed by atoms with van der Waals surface area (Å²) in [5.41, 5.74) is 24.9. The van der Waals surface area contributed by atoms with Crippen LogP contribution in [0.25, 0.3) is 0 Å². The predicted molar refractivity (Wildman–Crippen MR) is 175 cm³/mol. The number of hydrogen-bond acceptors (Lipinski definition) is 7. The molecule has 0 aromatic heterocycles. The molecule has 4 amide bonds. The summed E-state index contributed by atoms with van der Waals surface area (Å²) in [4.78, 5) is 56.6. The van der Waals surface area contributed by atoms with E-state index in [-0.39, 0.29) is 43.9 Å². The van der Waals surface area contributed by atoms with E-state index in [1.54, 1.807) is 36.4 Å². The number of aromatic hydroxyl groups is 1. The molecule has 12 N–H and O–H groups in total. The van der Waals surface area contributed by atoms with Crippen LogP contribution in [0.3, 0.4) is 0 Å². The van der Waals surface area contributed by atoms with Gasteiger partial charge in [-0.15, -0.1) is 0 Å². The average Bonchev–Trinajstić information content (AvgIpc) is 3.03. The van der Waals surface area contributed by atoms with Crippen molar-refractivity contribution in [1.82, 2.24) is 16.0 Å². The van der Waals surface area contributed by atoms with E-state index in [2.05, 4.69) is 20.9 Å². The molecule has 0 spiro atoms. The normalized spacial score (nSPS) is 13.3. The molecule has 244 valence electrons. The van der Waals surface area contributed by atoms with Gasteiger partial charge in [0.2, 0.25) is 23.6 Å². The standard InChI is InChI=1S/C33H42N8O5/c34-25(18-23-13-15-24(42)16-14-23)30(44)39-26(12-7-17-38-33(36)37)31(45)41-28(20-22-10-5-2-6-11-22)32(46)40-27(29(35)43)19-21-8-3-1-4-9-21/h1-6,8-11,13-16,25-28,42H,7,12,17-20,34H2,(H2,35,43)(H,39,44)(H,40,46)(H,41,45)(H4,36,37,38)/t25-,26-,27-,28-/m0/s1. The van der Waals surface area contributed by atoms with Crippen LogP contribution in [0.1, 0.15) is 29.5 Å². The zero-order valence-corrected chi connectivity index (χ0v) is 25.5. The van der Waals surface area contributed by atoms with Crippen LogP contribution in [-0.4, -0.2) is 65.4 Å². The van der Waals surface area contributed by atoms with E-state index in [1.165, 1.54) is 12.1 Å². The Morgan fingerprint density at radius 1 is 0.630 bits per heavy atom. The Labute approximate surface area is 267 Å². The van der Waals surface area contributed by atoms with Gasteiger partial charge in [0.05, 0.1) is 6.04 Å². The Bertz CT molecular complexity index is 1460. The molecule has 13 heteroatoms. The summed E-state index contributed by atoms with van der Waals surface area (Å²) < 4.78 is 0. The first-order valence-corrected chi connectivity index (χ1v) is 14.9. The number of benzene rings is 3. The largest absolute Gasteiger partial charge is 0.508 e. The highest BCUT2D eigenvalue weighted by Crippen LogP contribution is 2.12. The Morgan fingerprint density at radius 2 is 1.11 bits per heavy atom. The molecule has 0 saturated carbocycles.